The van der Waals surface area contributed by atoms with Gasteiger partial charge in [0.1, 0.15) is 11.6 Å². The van der Waals surface area contributed by atoms with Crippen LogP contribution in [0.3, 0.4) is 0 Å². The number of nitrogens with one attached hydrogen (secondary N) is 1. The van der Waals surface area contributed by atoms with E-state index < -0.39 is 0 Å². The molecule has 0 saturated heterocycles. The van der Waals surface area contributed by atoms with Crippen molar-refractivity contribution in [3.63, 3.8) is 0 Å². The Balaban J connectivity index is 1.70. The first-order valence-corrected chi connectivity index (χ1v) is 4.94. The van der Waals surface area contributed by atoms with Gasteiger partial charge in [-0.05, 0) is 6.92 Å². The smallest absolute Gasteiger partial charge is 0.150 e. The van der Waals surface area contributed by atoms with Crippen LogP contribution in [0.5, 0.6) is 0 Å². The van der Waals surface area contributed by atoms with E-state index in [1.165, 1.54) is 0 Å². The zero-order valence-electron chi connectivity index (χ0n) is 8.68. The number of rotatable bonds is 5. The molecule has 0 atom stereocenters. The van der Waals surface area contributed by atoms with Crippen LogP contribution in [0.2, 0.25) is 0 Å². The number of hydrogen-bond acceptors (Lipinski definition) is 4. The maximum absolute atomic E-state index is 4.96. The Morgan fingerprint density at radius 3 is 3.07 bits per heavy atom. The van der Waals surface area contributed by atoms with Crippen molar-refractivity contribution in [2.75, 3.05) is 6.54 Å². The second-order valence-corrected chi connectivity index (χ2v) is 3.32. The predicted octanol–water partition coefficient (Wildman–Crippen LogP) is 0.969. The Hall–Kier alpha value is -1.62. The lowest BCUT2D eigenvalue weighted by molar-refractivity contribution is 0.371. The average Bonchev–Trinajstić information content (AvgIpc) is 2.85. The van der Waals surface area contributed by atoms with E-state index in [1.54, 1.807) is 6.20 Å². The zero-order chi connectivity index (χ0) is 10.5. The molecule has 0 aromatic carbocycles. The van der Waals surface area contributed by atoms with Crippen LogP contribution >= 0.6 is 0 Å². The van der Waals surface area contributed by atoms with Gasteiger partial charge in [0.05, 0.1) is 12.7 Å². The van der Waals surface area contributed by atoms with Gasteiger partial charge in [0.2, 0.25) is 0 Å². The molecule has 1 N–H and O–H groups in total. The number of aromatic nitrogens is 3. The summed E-state index contributed by atoms with van der Waals surface area (Å²) < 4.78 is 7.07. The van der Waals surface area contributed by atoms with Gasteiger partial charge < -0.3 is 14.4 Å². The van der Waals surface area contributed by atoms with Crippen LogP contribution in [0, 0.1) is 6.92 Å². The van der Waals surface area contributed by atoms with Crippen molar-refractivity contribution >= 4 is 0 Å². The second kappa shape index (κ2) is 4.75. The van der Waals surface area contributed by atoms with Crippen molar-refractivity contribution < 1.29 is 4.52 Å². The van der Waals surface area contributed by atoms with Gasteiger partial charge in [-0.2, -0.15) is 0 Å². The van der Waals surface area contributed by atoms with E-state index in [4.69, 9.17) is 4.52 Å². The maximum Gasteiger partial charge on any atom is 0.150 e. The summed E-state index contributed by atoms with van der Waals surface area (Å²) in [6.45, 7) is 4.52. The Labute approximate surface area is 88.1 Å². The molecule has 0 bridgehead atoms. The fraction of sp³-hybridized carbons (Fsp3) is 0.400. The Morgan fingerprint density at radius 2 is 2.40 bits per heavy atom. The lowest BCUT2D eigenvalue weighted by atomic mass is 10.4. The highest BCUT2D eigenvalue weighted by atomic mass is 16.5. The van der Waals surface area contributed by atoms with Crippen molar-refractivity contribution in [2.45, 2.75) is 20.0 Å². The minimum atomic E-state index is 0.716. The Morgan fingerprint density at radius 1 is 1.47 bits per heavy atom. The van der Waals surface area contributed by atoms with Gasteiger partial charge in [0.25, 0.3) is 0 Å². The summed E-state index contributed by atoms with van der Waals surface area (Å²) in [4.78, 5) is 4.15. The van der Waals surface area contributed by atoms with Gasteiger partial charge in [0, 0.05) is 31.5 Å². The van der Waals surface area contributed by atoms with E-state index in [-0.39, 0.29) is 0 Å². The molecule has 0 radical (unpaired) electrons. The molecule has 80 valence electrons. The molecule has 2 heterocycles. The molecular weight excluding hydrogens is 192 g/mol. The summed E-state index contributed by atoms with van der Waals surface area (Å²) in [5, 5.41) is 6.91. The molecule has 5 heteroatoms. The molecule has 0 aliphatic rings. The van der Waals surface area contributed by atoms with Crippen molar-refractivity contribution in [3.8, 4) is 0 Å². The molecule has 0 aliphatic carbocycles. The maximum atomic E-state index is 4.96. The highest BCUT2D eigenvalue weighted by Crippen LogP contribution is 1.96. The molecule has 0 unspecified atom stereocenters. The number of imidazole rings is 1. The lowest BCUT2D eigenvalue weighted by Gasteiger charge is -2.05. The lowest BCUT2D eigenvalue weighted by Crippen LogP contribution is -2.19. The molecule has 2 aromatic rings. The van der Waals surface area contributed by atoms with Gasteiger partial charge in [-0.25, -0.2) is 4.98 Å². The topological polar surface area (TPSA) is 55.9 Å². The van der Waals surface area contributed by atoms with Gasteiger partial charge in [0.15, 0.2) is 0 Å². The summed E-state index contributed by atoms with van der Waals surface area (Å²) in [6, 6.07) is 1.86. The third kappa shape index (κ3) is 2.66. The van der Waals surface area contributed by atoms with Crippen molar-refractivity contribution in [1.82, 2.24) is 20.0 Å². The highest BCUT2D eigenvalue weighted by Gasteiger charge is 1.97. The third-order valence-corrected chi connectivity index (χ3v) is 2.24. The molecule has 0 spiro atoms. The first-order chi connectivity index (χ1) is 7.36. The quantitative estimate of drug-likeness (QED) is 0.740. The van der Waals surface area contributed by atoms with Gasteiger partial charge >= 0.3 is 0 Å². The molecule has 0 fully saturated rings. The van der Waals surface area contributed by atoms with Crippen LogP contribution < -0.4 is 5.32 Å². The Bertz CT molecular complexity index is 393. The molecule has 15 heavy (non-hydrogen) atoms. The zero-order valence-corrected chi connectivity index (χ0v) is 8.68. The second-order valence-electron chi connectivity index (χ2n) is 3.32. The van der Waals surface area contributed by atoms with Crippen molar-refractivity contribution in [3.05, 3.63) is 36.2 Å². The van der Waals surface area contributed by atoms with Crippen LogP contribution in [-0.2, 0) is 13.1 Å². The monoisotopic (exact) mass is 206 g/mol. The van der Waals surface area contributed by atoms with Crippen molar-refractivity contribution in [2.24, 2.45) is 0 Å². The molecular formula is C10H14N4O. The number of nitrogens with zero attached hydrogens (tertiary/aromatic N) is 3. The van der Waals surface area contributed by atoms with Crippen LogP contribution in [0.4, 0.5) is 0 Å². The van der Waals surface area contributed by atoms with Gasteiger partial charge in [-0.15, -0.1) is 0 Å². The number of hydrogen-bond donors (Lipinski definition) is 1. The van der Waals surface area contributed by atoms with Crippen LogP contribution in [0.15, 0.2) is 29.2 Å². The van der Waals surface area contributed by atoms with Gasteiger partial charge in [-0.1, -0.05) is 5.16 Å². The van der Waals surface area contributed by atoms with E-state index in [2.05, 4.69) is 20.0 Å². The third-order valence-electron chi connectivity index (χ3n) is 2.24. The fourth-order valence-corrected chi connectivity index (χ4v) is 1.38. The SMILES string of the molecule is Cc1nccn1CCNCc1ccno1. The van der Waals surface area contributed by atoms with E-state index in [9.17, 15) is 0 Å². The minimum Gasteiger partial charge on any atom is -0.360 e. The molecule has 0 aliphatic heterocycles. The summed E-state index contributed by atoms with van der Waals surface area (Å²) in [5.41, 5.74) is 0. The molecule has 0 saturated carbocycles. The van der Waals surface area contributed by atoms with E-state index >= 15 is 0 Å². The largest absolute Gasteiger partial charge is 0.360 e. The first-order valence-electron chi connectivity index (χ1n) is 4.94. The van der Waals surface area contributed by atoms with E-state index in [0.717, 1.165) is 24.7 Å². The normalized spacial score (nSPS) is 10.7. The van der Waals surface area contributed by atoms with Crippen LogP contribution in [0.1, 0.15) is 11.6 Å². The minimum absolute atomic E-state index is 0.716. The summed E-state index contributed by atoms with van der Waals surface area (Å²) in [7, 11) is 0. The standard InChI is InChI=1S/C10H14N4O/c1-9-12-5-7-14(9)6-4-11-8-10-2-3-13-15-10/h2-3,5,7,11H,4,6,8H2,1H3. The molecule has 2 rings (SSSR count). The highest BCUT2D eigenvalue weighted by molar-refractivity contribution is 4.92. The molecule has 5 nitrogen and oxygen atoms in total. The average molecular weight is 206 g/mol. The van der Waals surface area contributed by atoms with E-state index in [1.807, 2.05) is 25.4 Å². The van der Waals surface area contributed by atoms with Crippen molar-refractivity contribution in [1.29, 1.82) is 0 Å². The number of aryl methyl sites for hydroxylation is 1. The Kier molecular flexibility index (Phi) is 3.14. The van der Waals surface area contributed by atoms with Crippen LogP contribution in [0.25, 0.3) is 0 Å². The predicted molar refractivity (Wildman–Crippen MR) is 55.2 cm³/mol. The van der Waals surface area contributed by atoms with E-state index in [0.29, 0.717) is 6.54 Å². The summed E-state index contributed by atoms with van der Waals surface area (Å²) in [6.07, 6.45) is 5.44. The first kappa shape index (κ1) is 9.92. The molecule has 0 amide bonds. The summed E-state index contributed by atoms with van der Waals surface area (Å²) in [5.74, 6) is 1.90. The molecule has 2 aromatic heterocycles. The van der Waals surface area contributed by atoms with Gasteiger partial charge in [-0.3, -0.25) is 0 Å². The summed E-state index contributed by atoms with van der Waals surface area (Å²) >= 11 is 0. The fourth-order valence-electron chi connectivity index (χ4n) is 1.38. The van der Waals surface area contributed by atoms with Crippen LogP contribution in [-0.4, -0.2) is 21.3 Å².